The van der Waals surface area contributed by atoms with Gasteiger partial charge in [-0.3, -0.25) is 9.69 Å². The number of likely N-dealkylation sites (tertiary alicyclic amines) is 1. The Bertz CT molecular complexity index is 515. The van der Waals surface area contributed by atoms with E-state index in [4.69, 9.17) is 4.42 Å². The fraction of sp³-hybridized carbons (Fsp3) is 0.625. The van der Waals surface area contributed by atoms with E-state index in [0.717, 1.165) is 25.1 Å². The Morgan fingerprint density at radius 1 is 1.48 bits per heavy atom. The standard InChI is InChI=1S/C16H26N4O3/c1-12(21)18-13-6-4-8-20(11-13)16(22)17-10-14(19(2)3)15-7-5-9-23-15/h5,7,9,13-14H,4,6,8,10-11H2,1-3H3,(H,17,22)(H,18,21)/t13-,14+/m1/s1. The smallest absolute Gasteiger partial charge is 0.317 e. The minimum Gasteiger partial charge on any atom is -0.468 e. The molecule has 3 amide bonds. The Morgan fingerprint density at radius 2 is 2.26 bits per heavy atom. The van der Waals surface area contributed by atoms with Crippen LogP contribution in [0.2, 0.25) is 0 Å². The third-order valence-corrected chi connectivity index (χ3v) is 4.06. The van der Waals surface area contributed by atoms with Crippen molar-refractivity contribution in [3.8, 4) is 0 Å². The van der Waals surface area contributed by atoms with E-state index in [0.29, 0.717) is 13.1 Å². The highest BCUT2D eigenvalue weighted by molar-refractivity contribution is 5.75. The maximum absolute atomic E-state index is 12.4. The highest BCUT2D eigenvalue weighted by atomic mass is 16.3. The lowest BCUT2D eigenvalue weighted by Crippen LogP contribution is -2.52. The minimum atomic E-state index is -0.0986. The fourth-order valence-corrected chi connectivity index (χ4v) is 2.88. The number of rotatable bonds is 5. The van der Waals surface area contributed by atoms with E-state index in [1.807, 2.05) is 31.1 Å². The van der Waals surface area contributed by atoms with Gasteiger partial charge < -0.3 is 20.0 Å². The molecule has 7 heteroatoms. The zero-order chi connectivity index (χ0) is 16.8. The molecule has 1 aromatic rings. The molecule has 23 heavy (non-hydrogen) atoms. The van der Waals surface area contributed by atoms with Gasteiger partial charge in [-0.2, -0.15) is 0 Å². The third kappa shape index (κ3) is 4.99. The van der Waals surface area contributed by atoms with Crippen LogP contribution in [0.4, 0.5) is 4.79 Å². The molecule has 0 unspecified atom stereocenters. The van der Waals surface area contributed by atoms with Crippen molar-refractivity contribution in [2.24, 2.45) is 0 Å². The van der Waals surface area contributed by atoms with Crippen LogP contribution in [0.1, 0.15) is 31.6 Å². The van der Waals surface area contributed by atoms with Gasteiger partial charge >= 0.3 is 6.03 Å². The molecule has 1 saturated heterocycles. The van der Waals surface area contributed by atoms with Gasteiger partial charge in [-0.1, -0.05) is 0 Å². The Kier molecular flexibility index (Phi) is 6.04. The first kappa shape index (κ1) is 17.3. The summed E-state index contributed by atoms with van der Waals surface area (Å²) in [5.41, 5.74) is 0. The molecule has 0 aliphatic carbocycles. The predicted octanol–water partition coefficient (Wildman–Crippen LogP) is 1.19. The zero-order valence-electron chi connectivity index (χ0n) is 14.0. The minimum absolute atomic E-state index is 0.00937. The first-order valence-corrected chi connectivity index (χ1v) is 7.97. The third-order valence-electron chi connectivity index (χ3n) is 4.06. The summed E-state index contributed by atoms with van der Waals surface area (Å²) in [6, 6.07) is 3.69. The molecule has 1 aliphatic heterocycles. The molecule has 2 heterocycles. The van der Waals surface area contributed by atoms with Crippen LogP contribution in [0, 0.1) is 0 Å². The zero-order valence-corrected chi connectivity index (χ0v) is 14.0. The number of hydrogen-bond donors (Lipinski definition) is 2. The molecule has 1 aromatic heterocycles. The Balaban J connectivity index is 1.87. The highest BCUT2D eigenvalue weighted by Gasteiger charge is 2.25. The number of urea groups is 1. The summed E-state index contributed by atoms with van der Waals surface area (Å²) >= 11 is 0. The molecule has 0 radical (unpaired) electrons. The second-order valence-electron chi connectivity index (χ2n) is 6.17. The van der Waals surface area contributed by atoms with Gasteiger partial charge in [-0.15, -0.1) is 0 Å². The lowest BCUT2D eigenvalue weighted by molar-refractivity contribution is -0.119. The van der Waals surface area contributed by atoms with Crippen molar-refractivity contribution in [1.82, 2.24) is 20.4 Å². The largest absolute Gasteiger partial charge is 0.468 e. The molecule has 2 N–H and O–H groups in total. The lowest BCUT2D eigenvalue weighted by atomic mass is 10.1. The van der Waals surface area contributed by atoms with Crippen molar-refractivity contribution in [2.75, 3.05) is 33.7 Å². The lowest BCUT2D eigenvalue weighted by Gasteiger charge is -2.33. The van der Waals surface area contributed by atoms with Crippen molar-refractivity contribution in [3.63, 3.8) is 0 Å². The number of furan rings is 1. The van der Waals surface area contributed by atoms with E-state index in [-0.39, 0.29) is 24.0 Å². The number of amides is 3. The number of piperidine rings is 1. The van der Waals surface area contributed by atoms with Gasteiger partial charge in [0.1, 0.15) is 5.76 Å². The second kappa shape index (κ2) is 8.01. The first-order valence-electron chi connectivity index (χ1n) is 7.97. The normalized spacial score (nSPS) is 19.5. The van der Waals surface area contributed by atoms with Crippen LogP contribution < -0.4 is 10.6 Å². The van der Waals surface area contributed by atoms with Gasteiger partial charge in [-0.25, -0.2) is 4.79 Å². The number of likely N-dealkylation sites (N-methyl/N-ethyl adjacent to an activating group) is 1. The molecule has 7 nitrogen and oxygen atoms in total. The summed E-state index contributed by atoms with van der Waals surface area (Å²) in [5, 5.41) is 5.86. The van der Waals surface area contributed by atoms with Gasteiger partial charge in [0.2, 0.25) is 5.91 Å². The highest BCUT2D eigenvalue weighted by Crippen LogP contribution is 2.18. The molecular weight excluding hydrogens is 296 g/mol. The maximum atomic E-state index is 12.4. The van der Waals surface area contributed by atoms with E-state index in [2.05, 4.69) is 10.6 Å². The first-order chi connectivity index (χ1) is 11.0. The van der Waals surface area contributed by atoms with E-state index in [1.165, 1.54) is 6.92 Å². The molecule has 128 valence electrons. The van der Waals surface area contributed by atoms with Crippen LogP contribution in [0.5, 0.6) is 0 Å². The van der Waals surface area contributed by atoms with E-state index in [1.54, 1.807) is 11.2 Å². The Hall–Kier alpha value is -2.02. The van der Waals surface area contributed by atoms with Crippen molar-refractivity contribution >= 4 is 11.9 Å². The van der Waals surface area contributed by atoms with Crippen molar-refractivity contribution < 1.29 is 14.0 Å². The van der Waals surface area contributed by atoms with Crippen LogP contribution in [-0.4, -0.2) is 61.5 Å². The topological polar surface area (TPSA) is 77.8 Å². The van der Waals surface area contributed by atoms with Crippen LogP contribution >= 0.6 is 0 Å². The summed E-state index contributed by atoms with van der Waals surface area (Å²) in [4.78, 5) is 27.3. The van der Waals surface area contributed by atoms with Crippen molar-refractivity contribution in [2.45, 2.75) is 31.8 Å². The fourth-order valence-electron chi connectivity index (χ4n) is 2.88. The molecule has 0 aromatic carbocycles. The monoisotopic (exact) mass is 322 g/mol. The van der Waals surface area contributed by atoms with Crippen LogP contribution in [0.25, 0.3) is 0 Å². The van der Waals surface area contributed by atoms with Crippen molar-refractivity contribution in [1.29, 1.82) is 0 Å². The van der Waals surface area contributed by atoms with Gasteiger partial charge in [-0.05, 0) is 39.1 Å². The second-order valence-corrected chi connectivity index (χ2v) is 6.17. The number of nitrogens with one attached hydrogen (secondary N) is 2. The quantitative estimate of drug-likeness (QED) is 0.854. The molecule has 0 spiro atoms. The van der Waals surface area contributed by atoms with Gasteiger partial charge in [0.25, 0.3) is 0 Å². The van der Waals surface area contributed by atoms with Gasteiger partial charge in [0.15, 0.2) is 0 Å². The van der Waals surface area contributed by atoms with Gasteiger partial charge in [0.05, 0.1) is 12.3 Å². The summed E-state index contributed by atoms with van der Waals surface area (Å²) in [6.07, 6.45) is 3.44. The van der Waals surface area contributed by atoms with E-state index < -0.39 is 0 Å². The number of carbonyl (C=O) groups is 2. The number of hydrogen-bond acceptors (Lipinski definition) is 4. The molecule has 1 fully saturated rings. The van der Waals surface area contributed by atoms with Crippen LogP contribution in [0.15, 0.2) is 22.8 Å². The average molecular weight is 322 g/mol. The van der Waals surface area contributed by atoms with Gasteiger partial charge in [0, 0.05) is 32.6 Å². The summed E-state index contributed by atoms with van der Waals surface area (Å²) in [5.74, 6) is 0.771. The average Bonchev–Trinajstić information content (AvgIpc) is 3.00. The molecular formula is C16H26N4O3. The summed E-state index contributed by atoms with van der Waals surface area (Å²) in [6.45, 7) is 3.25. The SMILES string of the molecule is CC(=O)N[C@@H]1CCCN(C(=O)NC[C@@H](c2ccco2)N(C)C)C1. The molecule has 0 bridgehead atoms. The Labute approximate surface area is 137 Å². The van der Waals surface area contributed by atoms with E-state index in [9.17, 15) is 9.59 Å². The van der Waals surface area contributed by atoms with Crippen LogP contribution in [0.3, 0.4) is 0 Å². The number of nitrogens with zero attached hydrogens (tertiary/aromatic N) is 2. The summed E-state index contributed by atoms with van der Waals surface area (Å²) < 4.78 is 5.44. The maximum Gasteiger partial charge on any atom is 0.317 e. The van der Waals surface area contributed by atoms with Crippen LogP contribution in [-0.2, 0) is 4.79 Å². The van der Waals surface area contributed by atoms with E-state index >= 15 is 0 Å². The molecule has 0 saturated carbocycles. The molecule has 1 aliphatic rings. The molecule has 2 rings (SSSR count). The van der Waals surface area contributed by atoms with Crippen molar-refractivity contribution in [3.05, 3.63) is 24.2 Å². The molecule has 2 atom stereocenters. The predicted molar refractivity (Wildman–Crippen MR) is 86.9 cm³/mol. The summed E-state index contributed by atoms with van der Waals surface area (Å²) in [7, 11) is 3.90. The Morgan fingerprint density at radius 3 is 2.87 bits per heavy atom. The number of carbonyl (C=O) groups excluding carboxylic acids is 2.